The Hall–Kier alpha value is -0.120. The molecule has 0 radical (unpaired) electrons. The van der Waals surface area contributed by atoms with E-state index in [4.69, 9.17) is 5.11 Å². The van der Waals surface area contributed by atoms with Crippen molar-refractivity contribution in [3.63, 3.8) is 0 Å². The van der Waals surface area contributed by atoms with E-state index in [1.165, 1.54) is 38.9 Å². The normalized spacial score (nSPS) is 22.5. The average molecular weight is 200 g/mol. The molecule has 0 saturated carbocycles. The Bertz CT molecular complexity index is 144. The summed E-state index contributed by atoms with van der Waals surface area (Å²) in [5.41, 5.74) is 0. The fraction of sp³-hybridized carbons (Fsp3) is 1.00. The van der Waals surface area contributed by atoms with Crippen LogP contribution in [-0.4, -0.2) is 48.3 Å². The number of hydrogen-bond donors (Lipinski definition) is 2. The summed E-state index contributed by atoms with van der Waals surface area (Å²) in [6, 6.07) is 0.864. The van der Waals surface area contributed by atoms with Gasteiger partial charge in [0.1, 0.15) is 0 Å². The van der Waals surface area contributed by atoms with E-state index in [0.717, 1.165) is 0 Å². The highest BCUT2D eigenvalue weighted by Crippen LogP contribution is 2.10. The van der Waals surface area contributed by atoms with Gasteiger partial charge in [0.05, 0.1) is 6.61 Å². The number of likely N-dealkylation sites (tertiary alicyclic amines) is 1. The first-order valence-electron chi connectivity index (χ1n) is 5.85. The molecule has 14 heavy (non-hydrogen) atoms. The lowest BCUT2D eigenvalue weighted by Gasteiger charge is -2.33. The van der Waals surface area contributed by atoms with Crippen LogP contribution in [0.25, 0.3) is 0 Å². The third-order valence-electron chi connectivity index (χ3n) is 2.92. The van der Waals surface area contributed by atoms with Crippen molar-refractivity contribution < 1.29 is 5.11 Å². The number of nitrogens with zero attached hydrogens (tertiary/aromatic N) is 1. The van der Waals surface area contributed by atoms with Gasteiger partial charge in [-0.25, -0.2) is 0 Å². The molecule has 3 nitrogen and oxygen atoms in total. The molecule has 0 amide bonds. The molecular weight excluding hydrogens is 176 g/mol. The maximum absolute atomic E-state index is 8.93. The van der Waals surface area contributed by atoms with Crippen LogP contribution in [0, 0.1) is 0 Å². The van der Waals surface area contributed by atoms with Crippen LogP contribution < -0.4 is 5.32 Å². The monoisotopic (exact) mass is 200 g/mol. The molecule has 1 aliphatic rings. The summed E-state index contributed by atoms with van der Waals surface area (Å²) >= 11 is 0. The zero-order valence-corrected chi connectivity index (χ0v) is 9.50. The SMILES string of the molecule is CCCN1CCC(NC(C)CO)CC1. The molecule has 0 aromatic rings. The molecule has 1 saturated heterocycles. The van der Waals surface area contributed by atoms with Gasteiger partial charge in [-0.3, -0.25) is 0 Å². The Morgan fingerprint density at radius 1 is 1.43 bits per heavy atom. The molecule has 1 aliphatic heterocycles. The summed E-state index contributed by atoms with van der Waals surface area (Å²) in [6.07, 6.45) is 3.71. The van der Waals surface area contributed by atoms with Gasteiger partial charge in [0.25, 0.3) is 0 Å². The predicted octanol–water partition coefficient (Wildman–Crippen LogP) is 0.831. The lowest BCUT2D eigenvalue weighted by molar-refractivity contribution is 0.176. The van der Waals surface area contributed by atoms with Gasteiger partial charge in [-0.15, -0.1) is 0 Å². The first kappa shape index (κ1) is 12.0. The molecule has 84 valence electrons. The quantitative estimate of drug-likeness (QED) is 0.690. The number of hydrogen-bond acceptors (Lipinski definition) is 3. The standard InChI is InChI=1S/C11H24N2O/c1-3-6-13-7-4-11(5-8-13)12-10(2)9-14/h10-12,14H,3-9H2,1-2H3. The van der Waals surface area contributed by atoms with Gasteiger partial charge in [0.15, 0.2) is 0 Å². The highest BCUT2D eigenvalue weighted by atomic mass is 16.3. The fourth-order valence-electron chi connectivity index (χ4n) is 2.09. The van der Waals surface area contributed by atoms with Crippen LogP contribution in [-0.2, 0) is 0 Å². The molecule has 1 unspecified atom stereocenters. The van der Waals surface area contributed by atoms with Gasteiger partial charge in [-0.1, -0.05) is 6.92 Å². The molecule has 1 atom stereocenters. The van der Waals surface area contributed by atoms with Gasteiger partial charge in [0.2, 0.25) is 0 Å². The molecule has 1 heterocycles. The van der Waals surface area contributed by atoms with Crippen LogP contribution in [0.1, 0.15) is 33.1 Å². The second-order valence-electron chi connectivity index (χ2n) is 4.37. The molecule has 1 rings (SSSR count). The van der Waals surface area contributed by atoms with Gasteiger partial charge in [-0.2, -0.15) is 0 Å². The highest BCUT2D eigenvalue weighted by Gasteiger charge is 2.19. The van der Waals surface area contributed by atoms with Gasteiger partial charge >= 0.3 is 0 Å². The van der Waals surface area contributed by atoms with Crippen LogP contribution in [0.5, 0.6) is 0 Å². The van der Waals surface area contributed by atoms with Crippen molar-refractivity contribution in [2.45, 2.75) is 45.2 Å². The van der Waals surface area contributed by atoms with E-state index >= 15 is 0 Å². The summed E-state index contributed by atoms with van der Waals surface area (Å²) < 4.78 is 0. The third-order valence-corrected chi connectivity index (χ3v) is 2.92. The Morgan fingerprint density at radius 3 is 2.57 bits per heavy atom. The smallest absolute Gasteiger partial charge is 0.0582 e. The van der Waals surface area contributed by atoms with Crippen molar-refractivity contribution in [1.82, 2.24) is 10.2 Å². The lowest BCUT2D eigenvalue weighted by atomic mass is 10.0. The fourth-order valence-corrected chi connectivity index (χ4v) is 2.09. The zero-order valence-electron chi connectivity index (χ0n) is 9.50. The predicted molar refractivity (Wildman–Crippen MR) is 59.4 cm³/mol. The Balaban J connectivity index is 2.15. The largest absolute Gasteiger partial charge is 0.395 e. The highest BCUT2D eigenvalue weighted by molar-refractivity contribution is 4.78. The molecular formula is C11H24N2O. The number of piperidine rings is 1. The van der Waals surface area contributed by atoms with Crippen molar-refractivity contribution in [1.29, 1.82) is 0 Å². The van der Waals surface area contributed by atoms with E-state index in [2.05, 4.69) is 17.1 Å². The Kier molecular flexibility index (Phi) is 5.45. The molecule has 1 fully saturated rings. The van der Waals surface area contributed by atoms with Gasteiger partial charge < -0.3 is 15.3 Å². The maximum Gasteiger partial charge on any atom is 0.0582 e. The molecule has 0 aliphatic carbocycles. The second-order valence-corrected chi connectivity index (χ2v) is 4.37. The number of rotatable bonds is 5. The van der Waals surface area contributed by atoms with Crippen LogP contribution in [0.2, 0.25) is 0 Å². The molecule has 0 aromatic heterocycles. The summed E-state index contributed by atoms with van der Waals surface area (Å²) in [5.74, 6) is 0. The first-order valence-corrected chi connectivity index (χ1v) is 5.85. The number of aliphatic hydroxyl groups is 1. The topological polar surface area (TPSA) is 35.5 Å². The van der Waals surface area contributed by atoms with Crippen molar-refractivity contribution in [3.8, 4) is 0 Å². The minimum absolute atomic E-state index is 0.245. The summed E-state index contributed by atoms with van der Waals surface area (Å²) in [6.45, 7) is 8.18. The zero-order chi connectivity index (χ0) is 10.4. The molecule has 0 bridgehead atoms. The number of aliphatic hydroxyl groups excluding tert-OH is 1. The van der Waals surface area contributed by atoms with Crippen molar-refractivity contribution in [2.24, 2.45) is 0 Å². The van der Waals surface area contributed by atoms with E-state index in [0.29, 0.717) is 6.04 Å². The van der Waals surface area contributed by atoms with E-state index in [-0.39, 0.29) is 12.6 Å². The van der Waals surface area contributed by atoms with Crippen molar-refractivity contribution >= 4 is 0 Å². The second kappa shape index (κ2) is 6.38. The van der Waals surface area contributed by atoms with Crippen LogP contribution >= 0.6 is 0 Å². The summed E-state index contributed by atoms with van der Waals surface area (Å²) in [5, 5.41) is 12.4. The summed E-state index contributed by atoms with van der Waals surface area (Å²) in [4.78, 5) is 2.53. The van der Waals surface area contributed by atoms with E-state index < -0.39 is 0 Å². The van der Waals surface area contributed by atoms with E-state index in [1.54, 1.807) is 0 Å². The molecule has 0 aromatic carbocycles. The van der Waals surface area contributed by atoms with E-state index in [1.807, 2.05) is 6.92 Å². The minimum Gasteiger partial charge on any atom is -0.395 e. The lowest BCUT2D eigenvalue weighted by Crippen LogP contribution is -2.46. The van der Waals surface area contributed by atoms with Crippen molar-refractivity contribution in [2.75, 3.05) is 26.2 Å². The van der Waals surface area contributed by atoms with Gasteiger partial charge in [0, 0.05) is 12.1 Å². The molecule has 0 spiro atoms. The Morgan fingerprint density at radius 2 is 2.07 bits per heavy atom. The first-order chi connectivity index (χ1) is 6.76. The average Bonchev–Trinajstić information content (AvgIpc) is 2.21. The maximum atomic E-state index is 8.93. The third kappa shape index (κ3) is 3.95. The van der Waals surface area contributed by atoms with Crippen LogP contribution in [0.15, 0.2) is 0 Å². The summed E-state index contributed by atoms with van der Waals surface area (Å²) in [7, 11) is 0. The van der Waals surface area contributed by atoms with Crippen molar-refractivity contribution in [3.05, 3.63) is 0 Å². The Labute approximate surface area is 87.5 Å². The minimum atomic E-state index is 0.245. The molecule has 3 heteroatoms. The molecule has 2 N–H and O–H groups in total. The van der Waals surface area contributed by atoms with Crippen LogP contribution in [0.3, 0.4) is 0 Å². The van der Waals surface area contributed by atoms with Gasteiger partial charge in [-0.05, 0) is 45.8 Å². The van der Waals surface area contributed by atoms with Crippen LogP contribution in [0.4, 0.5) is 0 Å². The van der Waals surface area contributed by atoms with E-state index in [9.17, 15) is 0 Å². The number of nitrogens with one attached hydrogen (secondary N) is 1.